The molecule has 0 aliphatic rings. The van der Waals surface area contributed by atoms with Crippen LogP contribution in [0.2, 0.25) is 0 Å². The van der Waals surface area contributed by atoms with Gasteiger partial charge in [0.15, 0.2) is 0 Å². The fourth-order valence-electron chi connectivity index (χ4n) is 2.43. The van der Waals surface area contributed by atoms with Gasteiger partial charge < -0.3 is 14.8 Å². The third-order valence-electron chi connectivity index (χ3n) is 3.49. The van der Waals surface area contributed by atoms with Gasteiger partial charge in [0.05, 0.1) is 7.11 Å². The molecule has 20 heavy (non-hydrogen) atoms. The van der Waals surface area contributed by atoms with Gasteiger partial charge >= 0.3 is 0 Å². The maximum absolute atomic E-state index is 5.48. The lowest BCUT2D eigenvalue weighted by molar-refractivity contribution is 0.188. The Kier molecular flexibility index (Phi) is 8.31. The van der Waals surface area contributed by atoms with Crippen molar-refractivity contribution in [3.8, 4) is 5.75 Å². The SMILES string of the molecule is CCCNC(CCCOC)Cc1cc(C)ccc1OC. The van der Waals surface area contributed by atoms with Crippen molar-refractivity contribution in [3.05, 3.63) is 29.3 Å². The maximum Gasteiger partial charge on any atom is 0.122 e. The Hall–Kier alpha value is -1.06. The summed E-state index contributed by atoms with van der Waals surface area (Å²) in [4.78, 5) is 0. The van der Waals surface area contributed by atoms with Crippen molar-refractivity contribution < 1.29 is 9.47 Å². The number of hydrogen-bond donors (Lipinski definition) is 1. The minimum atomic E-state index is 0.487. The van der Waals surface area contributed by atoms with Crippen LogP contribution in [-0.4, -0.2) is 33.4 Å². The molecule has 0 aromatic heterocycles. The van der Waals surface area contributed by atoms with E-state index in [4.69, 9.17) is 9.47 Å². The van der Waals surface area contributed by atoms with Gasteiger partial charge in [-0.2, -0.15) is 0 Å². The Morgan fingerprint density at radius 2 is 2.05 bits per heavy atom. The first-order chi connectivity index (χ1) is 9.71. The van der Waals surface area contributed by atoms with E-state index in [-0.39, 0.29) is 0 Å². The Labute approximate surface area is 123 Å². The molecular weight excluding hydrogens is 250 g/mol. The number of hydrogen-bond acceptors (Lipinski definition) is 3. The molecule has 0 spiro atoms. The predicted molar refractivity (Wildman–Crippen MR) is 84.6 cm³/mol. The van der Waals surface area contributed by atoms with Crippen molar-refractivity contribution in [1.29, 1.82) is 0 Å². The van der Waals surface area contributed by atoms with E-state index in [1.807, 2.05) is 0 Å². The highest BCUT2D eigenvalue weighted by molar-refractivity contribution is 5.37. The summed E-state index contributed by atoms with van der Waals surface area (Å²) in [6, 6.07) is 6.88. The highest BCUT2D eigenvalue weighted by Gasteiger charge is 2.12. The van der Waals surface area contributed by atoms with Crippen LogP contribution in [0.1, 0.15) is 37.3 Å². The lowest BCUT2D eigenvalue weighted by Gasteiger charge is -2.20. The first-order valence-electron chi connectivity index (χ1n) is 7.57. The second kappa shape index (κ2) is 9.78. The summed E-state index contributed by atoms with van der Waals surface area (Å²) in [5, 5.41) is 3.64. The molecule has 1 unspecified atom stereocenters. The lowest BCUT2D eigenvalue weighted by atomic mass is 9.99. The van der Waals surface area contributed by atoms with E-state index in [1.165, 1.54) is 11.1 Å². The first-order valence-corrected chi connectivity index (χ1v) is 7.57. The molecule has 0 radical (unpaired) electrons. The molecule has 1 rings (SSSR count). The highest BCUT2D eigenvalue weighted by atomic mass is 16.5. The second-order valence-electron chi connectivity index (χ2n) is 5.31. The number of methoxy groups -OCH3 is 2. The Bertz CT molecular complexity index is 379. The van der Waals surface area contributed by atoms with Gasteiger partial charge in [0, 0.05) is 19.8 Å². The summed E-state index contributed by atoms with van der Waals surface area (Å²) >= 11 is 0. The van der Waals surface area contributed by atoms with Crippen molar-refractivity contribution in [2.24, 2.45) is 0 Å². The van der Waals surface area contributed by atoms with Gasteiger partial charge in [-0.3, -0.25) is 0 Å². The third-order valence-corrected chi connectivity index (χ3v) is 3.49. The Balaban J connectivity index is 2.68. The molecule has 114 valence electrons. The van der Waals surface area contributed by atoms with E-state index < -0.39 is 0 Å². The van der Waals surface area contributed by atoms with Gasteiger partial charge in [-0.15, -0.1) is 0 Å². The molecule has 1 N–H and O–H groups in total. The summed E-state index contributed by atoms with van der Waals surface area (Å²) in [6.07, 6.45) is 4.39. The average molecular weight is 279 g/mol. The van der Waals surface area contributed by atoms with Crippen LogP contribution in [0.15, 0.2) is 18.2 Å². The van der Waals surface area contributed by atoms with Crippen LogP contribution < -0.4 is 10.1 Å². The monoisotopic (exact) mass is 279 g/mol. The first kappa shape index (κ1) is 17.0. The quantitative estimate of drug-likeness (QED) is 0.666. The Morgan fingerprint density at radius 3 is 2.70 bits per heavy atom. The fraction of sp³-hybridized carbons (Fsp3) is 0.647. The van der Waals surface area contributed by atoms with E-state index in [2.05, 4.69) is 37.4 Å². The van der Waals surface area contributed by atoms with Gasteiger partial charge in [0.1, 0.15) is 5.75 Å². The topological polar surface area (TPSA) is 30.5 Å². The zero-order valence-corrected chi connectivity index (χ0v) is 13.4. The third kappa shape index (κ3) is 5.93. The van der Waals surface area contributed by atoms with Crippen molar-refractivity contribution in [2.45, 2.75) is 45.6 Å². The van der Waals surface area contributed by atoms with Crippen LogP contribution in [0.4, 0.5) is 0 Å². The maximum atomic E-state index is 5.48. The standard InChI is InChI=1S/C17H29NO2/c1-5-10-18-16(7-6-11-19-3)13-15-12-14(2)8-9-17(15)20-4/h8-9,12,16,18H,5-7,10-11,13H2,1-4H3. The zero-order valence-electron chi connectivity index (χ0n) is 13.4. The predicted octanol–water partition coefficient (Wildman–Crippen LogP) is 3.34. The highest BCUT2D eigenvalue weighted by Crippen LogP contribution is 2.22. The van der Waals surface area contributed by atoms with Crippen molar-refractivity contribution in [2.75, 3.05) is 27.4 Å². The summed E-state index contributed by atoms with van der Waals surface area (Å²) in [5.74, 6) is 0.991. The average Bonchev–Trinajstić information content (AvgIpc) is 2.45. The van der Waals surface area contributed by atoms with Crippen LogP contribution in [-0.2, 0) is 11.2 Å². The molecule has 0 aliphatic heterocycles. The van der Waals surface area contributed by atoms with E-state index in [9.17, 15) is 0 Å². The molecule has 0 fully saturated rings. The molecule has 1 atom stereocenters. The summed E-state index contributed by atoms with van der Waals surface area (Å²) in [6.45, 7) is 6.22. The number of rotatable bonds is 10. The lowest BCUT2D eigenvalue weighted by Crippen LogP contribution is -2.32. The molecule has 3 nitrogen and oxygen atoms in total. The number of ether oxygens (including phenoxy) is 2. The zero-order chi connectivity index (χ0) is 14.8. The Morgan fingerprint density at radius 1 is 1.25 bits per heavy atom. The van der Waals surface area contributed by atoms with Crippen LogP contribution in [0.25, 0.3) is 0 Å². The molecule has 0 saturated carbocycles. The van der Waals surface area contributed by atoms with Gasteiger partial charge in [0.25, 0.3) is 0 Å². The molecule has 0 heterocycles. The minimum Gasteiger partial charge on any atom is -0.496 e. The molecule has 0 bridgehead atoms. The van der Waals surface area contributed by atoms with Gasteiger partial charge in [-0.25, -0.2) is 0 Å². The molecule has 3 heteroatoms. The van der Waals surface area contributed by atoms with Crippen molar-refractivity contribution >= 4 is 0 Å². The molecule has 0 saturated heterocycles. The van der Waals surface area contributed by atoms with E-state index in [1.54, 1.807) is 14.2 Å². The van der Waals surface area contributed by atoms with Crippen LogP contribution in [0.3, 0.4) is 0 Å². The van der Waals surface area contributed by atoms with Gasteiger partial charge in [-0.05, 0) is 50.8 Å². The summed E-state index contributed by atoms with van der Waals surface area (Å²) < 4.78 is 10.6. The fourth-order valence-corrected chi connectivity index (χ4v) is 2.43. The van der Waals surface area contributed by atoms with Crippen molar-refractivity contribution in [1.82, 2.24) is 5.32 Å². The van der Waals surface area contributed by atoms with Gasteiger partial charge in [-0.1, -0.05) is 24.6 Å². The number of aryl methyl sites for hydroxylation is 1. The second-order valence-corrected chi connectivity index (χ2v) is 5.31. The van der Waals surface area contributed by atoms with Crippen LogP contribution in [0, 0.1) is 6.92 Å². The summed E-state index contributed by atoms with van der Waals surface area (Å²) in [5.41, 5.74) is 2.57. The van der Waals surface area contributed by atoms with Gasteiger partial charge in [0.2, 0.25) is 0 Å². The molecule has 0 aliphatic carbocycles. The van der Waals surface area contributed by atoms with E-state index in [0.717, 1.165) is 44.6 Å². The molecule has 1 aromatic carbocycles. The van der Waals surface area contributed by atoms with Crippen molar-refractivity contribution in [3.63, 3.8) is 0 Å². The van der Waals surface area contributed by atoms with E-state index >= 15 is 0 Å². The minimum absolute atomic E-state index is 0.487. The van der Waals surface area contributed by atoms with Crippen LogP contribution >= 0.6 is 0 Å². The molecule has 0 amide bonds. The number of benzene rings is 1. The summed E-state index contributed by atoms with van der Waals surface area (Å²) in [7, 11) is 3.51. The van der Waals surface area contributed by atoms with E-state index in [0.29, 0.717) is 6.04 Å². The largest absolute Gasteiger partial charge is 0.496 e. The smallest absolute Gasteiger partial charge is 0.122 e. The van der Waals surface area contributed by atoms with Crippen LogP contribution in [0.5, 0.6) is 5.75 Å². The number of nitrogens with one attached hydrogen (secondary N) is 1. The normalized spacial score (nSPS) is 12.4. The molecular formula is C17H29NO2. The molecule has 1 aromatic rings.